The highest BCUT2D eigenvalue weighted by Crippen LogP contribution is 2.18. The van der Waals surface area contributed by atoms with E-state index in [1.807, 2.05) is 20.8 Å². The Bertz CT molecular complexity index is 598. The van der Waals surface area contributed by atoms with Crippen LogP contribution in [0.2, 0.25) is 0 Å². The smallest absolute Gasteiger partial charge is 0.213 e. The van der Waals surface area contributed by atoms with Crippen LogP contribution in [0.3, 0.4) is 0 Å². The topological polar surface area (TPSA) is 79.7 Å². The van der Waals surface area contributed by atoms with E-state index in [-0.39, 0.29) is 0 Å². The number of hydrogen-bond acceptors (Lipinski definition) is 5. The molecular formula is C12H15N5O. The molecule has 6 heteroatoms. The quantitative estimate of drug-likeness (QED) is 0.892. The Kier molecular flexibility index (Phi) is 3.06. The maximum Gasteiger partial charge on any atom is 0.213 e. The third-order valence-corrected chi connectivity index (χ3v) is 2.81. The predicted octanol–water partition coefficient (Wildman–Crippen LogP) is 1.82. The lowest BCUT2D eigenvalue weighted by Crippen LogP contribution is -2.06. The van der Waals surface area contributed by atoms with Crippen molar-refractivity contribution in [2.45, 2.75) is 27.3 Å². The average molecular weight is 245 g/mol. The van der Waals surface area contributed by atoms with Crippen LogP contribution in [0.25, 0.3) is 0 Å². The molecule has 2 aromatic heterocycles. The highest BCUT2D eigenvalue weighted by atomic mass is 16.4. The monoisotopic (exact) mass is 245 g/mol. The minimum Gasteiger partial charge on any atom is -0.444 e. The van der Waals surface area contributed by atoms with E-state index in [9.17, 15) is 0 Å². The Morgan fingerprint density at radius 3 is 2.61 bits per heavy atom. The lowest BCUT2D eigenvalue weighted by Gasteiger charge is -2.04. The van der Waals surface area contributed by atoms with Gasteiger partial charge in [0.2, 0.25) is 5.89 Å². The second-order valence-corrected chi connectivity index (χ2v) is 4.15. The molecule has 2 heterocycles. The highest BCUT2D eigenvalue weighted by Gasteiger charge is 2.13. The van der Waals surface area contributed by atoms with Gasteiger partial charge in [-0.3, -0.25) is 4.68 Å². The summed E-state index contributed by atoms with van der Waals surface area (Å²) in [4.78, 5) is 4.28. The van der Waals surface area contributed by atoms with Gasteiger partial charge in [-0.15, -0.1) is 0 Å². The van der Waals surface area contributed by atoms with Crippen molar-refractivity contribution < 1.29 is 4.42 Å². The first-order valence-corrected chi connectivity index (χ1v) is 5.63. The van der Waals surface area contributed by atoms with Crippen LogP contribution >= 0.6 is 0 Å². The van der Waals surface area contributed by atoms with Crippen molar-refractivity contribution in [3.05, 3.63) is 28.6 Å². The minimum absolute atomic E-state index is 0.433. The Balaban J connectivity index is 2.18. The molecule has 0 saturated carbocycles. The Morgan fingerprint density at radius 2 is 2.06 bits per heavy atom. The van der Waals surface area contributed by atoms with Crippen LogP contribution in [-0.2, 0) is 13.6 Å². The zero-order chi connectivity index (χ0) is 13.3. The largest absolute Gasteiger partial charge is 0.444 e. The Morgan fingerprint density at radius 1 is 1.33 bits per heavy atom. The molecule has 0 saturated heterocycles. The number of hydrogen-bond donors (Lipinski definition) is 1. The van der Waals surface area contributed by atoms with Crippen molar-refractivity contribution in [2.75, 3.05) is 5.32 Å². The van der Waals surface area contributed by atoms with Crippen LogP contribution in [0.4, 0.5) is 5.82 Å². The van der Waals surface area contributed by atoms with E-state index >= 15 is 0 Å². The number of rotatable bonds is 3. The Hall–Kier alpha value is -2.29. The van der Waals surface area contributed by atoms with Crippen molar-refractivity contribution >= 4 is 5.82 Å². The molecule has 0 aliphatic rings. The van der Waals surface area contributed by atoms with Crippen LogP contribution in [0.1, 0.15) is 28.6 Å². The maximum absolute atomic E-state index is 9.08. The summed E-state index contributed by atoms with van der Waals surface area (Å²) < 4.78 is 7.12. The van der Waals surface area contributed by atoms with Crippen molar-refractivity contribution in [3.63, 3.8) is 0 Å². The molecular weight excluding hydrogens is 230 g/mol. The zero-order valence-electron chi connectivity index (χ0n) is 10.9. The SMILES string of the molecule is Cc1nc(CNc2c(C#N)c(C)nn2C)oc1C. The van der Waals surface area contributed by atoms with E-state index < -0.39 is 0 Å². The third-order valence-electron chi connectivity index (χ3n) is 2.81. The summed E-state index contributed by atoms with van der Waals surface area (Å²) in [6.07, 6.45) is 0. The molecule has 0 aromatic carbocycles. The number of oxazole rings is 1. The van der Waals surface area contributed by atoms with E-state index in [4.69, 9.17) is 9.68 Å². The van der Waals surface area contributed by atoms with Crippen LogP contribution in [0, 0.1) is 32.1 Å². The molecule has 0 atom stereocenters. The van der Waals surface area contributed by atoms with E-state index in [1.165, 1.54) is 0 Å². The van der Waals surface area contributed by atoms with Gasteiger partial charge in [-0.05, 0) is 20.8 Å². The number of nitrogens with zero attached hydrogens (tertiary/aromatic N) is 4. The fraction of sp³-hybridized carbons (Fsp3) is 0.417. The van der Waals surface area contributed by atoms with E-state index in [0.29, 0.717) is 29.5 Å². The first-order valence-electron chi connectivity index (χ1n) is 5.63. The average Bonchev–Trinajstić information content (AvgIpc) is 2.76. The molecule has 0 aliphatic heterocycles. The van der Waals surface area contributed by atoms with Gasteiger partial charge < -0.3 is 9.73 Å². The lowest BCUT2D eigenvalue weighted by atomic mass is 10.2. The van der Waals surface area contributed by atoms with Gasteiger partial charge in [0.25, 0.3) is 0 Å². The Labute approximate surface area is 105 Å². The summed E-state index contributed by atoms with van der Waals surface area (Å²) >= 11 is 0. The molecule has 1 N–H and O–H groups in total. The maximum atomic E-state index is 9.08. The van der Waals surface area contributed by atoms with Gasteiger partial charge in [0.15, 0.2) is 0 Å². The molecule has 0 fully saturated rings. The number of aromatic nitrogens is 3. The second-order valence-electron chi connectivity index (χ2n) is 4.15. The first kappa shape index (κ1) is 12.2. The molecule has 0 radical (unpaired) electrons. The third kappa shape index (κ3) is 2.07. The molecule has 0 spiro atoms. The summed E-state index contributed by atoms with van der Waals surface area (Å²) in [6, 6.07) is 2.14. The zero-order valence-corrected chi connectivity index (χ0v) is 10.9. The molecule has 94 valence electrons. The number of nitrogens with one attached hydrogen (secondary N) is 1. The summed E-state index contributed by atoms with van der Waals surface area (Å²) in [5, 5.41) is 16.4. The summed E-state index contributed by atoms with van der Waals surface area (Å²) in [5.41, 5.74) is 2.15. The van der Waals surface area contributed by atoms with Gasteiger partial charge in [0.05, 0.1) is 17.9 Å². The summed E-state index contributed by atoms with van der Waals surface area (Å²) in [7, 11) is 1.79. The minimum atomic E-state index is 0.433. The molecule has 0 amide bonds. The van der Waals surface area contributed by atoms with Crippen LogP contribution < -0.4 is 5.32 Å². The molecule has 6 nitrogen and oxygen atoms in total. The van der Waals surface area contributed by atoms with Crippen molar-refractivity contribution in [1.29, 1.82) is 5.26 Å². The molecule has 2 aromatic rings. The van der Waals surface area contributed by atoms with Crippen molar-refractivity contribution in [2.24, 2.45) is 7.05 Å². The fourth-order valence-corrected chi connectivity index (χ4v) is 1.77. The molecule has 0 aliphatic carbocycles. The van der Waals surface area contributed by atoms with Gasteiger partial charge in [0.1, 0.15) is 23.2 Å². The number of anilines is 1. The normalized spacial score (nSPS) is 10.4. The van der Waals surface area contributed by atoms with E-state index in [1.54, 1.807) is 11.7 Å². The molecule has 18 heavy (non-hydrogen) atoms. The fourth-order valence-electron chi connectivity index (χ4n) is 1.77. The highest BCUT2D eigenvalue weighted by molar-refractivity contribution is 5.54. The molecule has 0 bridgehead atoms. The van der Waals surface area contributed by atoms with Gasteiger partial charge in [0, 0.05) is 7.05 Å². The molecule has 2 rings (SSSR count). The van der Waals surface area contributed by atoms with Crippen LogP contribution in [0.15, 0.2) is 4.42 Å². The second kappa shape index (κ2) is 4.53. The van der Waals surface area contributed by atoms with Gasteiger partial charge in [-0.1, -0.05) is 0 Å². The van der Waals surface area contributed by atoms with Crippen LogP contribution in [-0.4, -0.2) is 14.8 Å². The molecule has 0 unspecified atom stereocenters. The number of nitriles is 1. The van der Waals surface area contributed by atoms with Gasteiger partial charge in [-0.2, -0.15) is 10.4 Å². The van der Waals surface area contributed by atoms with Crippen LogP contribution in [0.5, 0.6) is 0 Å². The van der Waals surface area contributed by atoms with Crippen molar-refractivity contribution in [1.82, 2.24) is 14.8 Å². The van der Waals surface area contributed by atoms with E-state index in [0.717, 1.165) is 11.5 Å². The lowest BCUT2D eigenvalue weighted by molar-refractivity contribution is 0.477. The summed E-state index contributed by atoms with van der Waals surface area (Å²) in [5.74, 6) is 2.10. The summed E-state index contributed by atoms with van der Waals surface area (Å²) in [6.45, 7) is 6.02. The van der Waals surface area contributed by atoms with Gasteiger partial charge in [-0.25, -0.2) is 4.98 Å². The van der Waals surface area contributed by atoms with Gasteiger partial charge >= 0.3 is 0 Å². The number of aryl methyl sites for hydroxylation is 4. The first-order chi connectivity index (χ1) is 8.52. The standard InChI is InChI=1S/C12H15N5O/c1-7-9(3)18-11(15-7)6-14-12-10(5-13)8(2)16-17(12)4/h14H,6H2,1-4H3. The predicted molar refractivity (Wildman–Crippen MR) is 66.0 cm³/mol. The van der Waals surface area contributed by atoms with Crippen molar-refractivity contribution in [3.8, 4) is 6.07 Å². The van der Waals surface area contributed by atoms with E-state index in [2.05, 4.69) is 21.5 Å².